The highest BCUT2D eigenvalue weighted by Gasteiger charge is 2.17. The van der Waals surface area contributed by atoms with Crippen LogP contribution in [0.1, 0.15) is 23.1 Å². The van der Waals surface area contributed by atoms with E-state index >= 15 is 0 Å². The molecule has 10 nitrogen and oxygen atoms in total. The number of rotatable bonds is 6. The van der Waals surface area contributed by atoms with Gasteiger partial charge >= 0.3 is 11.7 Å². The number of anilines is 1. The number of nitrogens with one attached hydrogen (secondary N) is 1. The number of hydrogen-bond acceptors (Lipinski definition) is 7. The Hall–Kier alpha value is -4.34. The van der Waals surface area contributed by atoms with Crippen LogP contribution in [0.2, 0.25) is 0 Å². The molecule has 0 radical (unpaired) electrons. The second-order valence-corrected chi connectivity index (χ2v) is 6.85. The molecular weight excluding hydrogens is 412 g/mol. The molecule has 0 spiro atoms. The van der Waals surface area contributed by atoms with Crippen LogP contribution < -0.4 is 11.0 Å². The van der Waals surface area contributed by atoms with Gasteiger partial charge in [-0.1, -0.05) is 18.2 Å². The monoisotopic (exact) mass is 432 g/mol. The third-order valence-corrected chi connectivity index (χ3v) is 4.65. The van der Waals surface area contributed by atoms with Crippen molar-refractivity contribution >= 4 is 23.2 Å². The Labute approximate surface area is 182 Å². The summed E-state index contributed by atoms with van der Waals surface area (Å²) < 4.78 is 7.39. The van der Waals surface area contributed by atoms with Gasteiger partial charge in [0.05, 0.1) is 29.2 Å². The molecule has 1 N–H and O–H groups in total. The summed E-state index contributed by atoms with van der Waals surface area (Å²) in [5, 5.41) is 6.92. The van der Waals surface area contributed by atoms with Gasteiger partial charge < -0.3 is 10.1 Å². The molecule has 3 aromatic heterocycles. The maximum absolute atomic E-state index is 12.8. The first-order valence-electron chi connectivity index (χ1n) is 9.92. The molecule has 0 saturated carbocycles. The lowest BCUT2D eigenvalue weighted by Crippen LogP contribution is -2.29. The summed E-state index contributed by atoms with van der Waals surface area (Å²) in [4.78, 5) is 46.2. The maximum atomic E-state index is 12.8. The molecule has 0 unspecified atom stereocenters. The zero-order valence-corrected chi connectivity index (χ0v) is 17.5. The first-order chi connectivity index (χ1) is 15.5. The number of carbonyl (C=O) groups excluding carboxylic acids is 2. The lowest BCUT2D eigenvalue weighted by molar-refractivity contribution is -0.117. The fourth-order valence-corrected chi connectivity index (χ4v) is 3.25. The van der Waals surface area contributed by atoms with E-state index in [1.165, 1.54) is 4.40 Å². The fourth-order valence-electron chi connectivity index (χ4n) is 3.25. The smallest absolute Gasteiger partial charge is 0.352 e. The summed E-state index contributed by atoms with van der Waals surface area (Å²) in [5.41, 5.74) is 1.59. The van der Waals surface area contributed by atoms with Crippen LogP contribution in [0.4, 0.5) is 5.69 Å². The molecule has 0 aliphatic rings. The fraction of sp³-hybridized carbons (Fsp3) is 0.182. The number of benzene rings is 1. The van der Waals surface area contributed by atoms with E-state index in [4.69, 9.17) is 4.74 Å². The normalized spacial score (nSPS) is 10.8. The van der Waals surface area contributed by atoms with Crippen molar-refractivity contribution in [2.45, 2.75) is 20.4 Å². The maximum Gasteiger partial charge on any atom is 0.352 e. The van der Waals surface area contributed by atoms with E-state index in [1.807, 2.05) is 12.1 Å². The van der Waals surface area contributed by atoms with Gasteiger partial charge in [0.2, 0.25) is 5.91 Å². The highest BCUT2D eigenvalue weighted by atomic mass is 16.5. The predicted octanol–water partition coefficient (Wildman–Crippen LogP) is 2.08. The first kappa shape index (κ1) is 20.9. The van der Waals surface area contributed by atoms with E-state index in [-0.39, 0.29) is 18.7 Å². The molecule has 0 saturated heterocycles. The van der Waals surface area contributed by atoms with Crippen molar-refractivity contribution in [1.82, 2.24) is 24.1 Å². The largest absolute Gasteiger partial charge is 0.462 e. The van der Waals surface area contributed by atoms with Gasteiger partial charge in [0.25, 0.3) is 0 Å². The molecule has 1 aromatic carbocycles. The van der Waals surface area contributed by atoms with Gasteiger partial charge in [-0.15, -0.1) is 5.10 Å². The number of amides is 1. The molecule has 3 heterocycles. The number of aryl methyl sites for hydroxylation is 1. The molecule has 0 aliphatic carbocycles. The third kappa shape index (κ3) is 4.10. The van der Waals surface area contributed by atoms with E-state index in [0.29, 0.717) is 28.5 Å². The van der Waals surface area contributed by atoms with Gasteiger partial charge in [-0.25, -0.2) is 23.7 Å². The number of nitrogens with zero attached hydrogens (tertiary/aromatic N) is 5. The summed E-state index contributed by atoms with van der Waals surface area (Å²) in [5.74, 6) is -0.632. The third-order valence-electron chi connectivity index (χ3n) is 4.65. The lowest BCUT2D eigenvalue weighted by atomic mass is 10.2. The number of pyridine rings is 1. The summed E-state index contributed by atoms with van der Waals surface area (Å²) in [6.45, 7) is 3.26. The quantitative estimate of drug-likeness (QED) is 0.463. The number of aromatic nitrogens is 5. The average Bonchev–Trinajstić information content (AvgIpc) is 3.10. The van der Waals surface area contributed by atoms with Crippen LogP contribution in [0.3, 0.4) is 0 Å². The van der Waals surface area contributed by atoms with Crippen LogP contribution in [-0.2, 0) is 16.1 Å². The number of hydrogen-bond donors (Lipinski definition) is 1. The Morgan fingerprint density at radius 1 is 1.09 bits per heavy atom. The summed E-state index contributed by atoms with van der Waals surface area (Å²) in [6.07, 6.45) is 1.65. The van der Waals surface area contributed by atoms with Gasteiger partial charge in [-0.05, 0) is 38.1 Å². The molecule has 1 amide bonds. The van der Waals surface area contributed by atoms with Crippen molar-refractivity contribution in [3.05, 3.63) is 76.6 Å². The predicted molar refractivity (Wildman–Crippen MR) is 116 cm³/mol. The zero-order chi connectivity index (χ0) is 22.7. The van der Waals surface area contributed by atoms with Crippen molar-refractivity contribution in [2.75, 3.05) is 11.9 Å². The molecule has 162 valence electrons. The highest BCUT2D eigenvalue weighted by Crippen LogP contribution is 2.17. The van der Waals surface area contributed by atoms with Crippen LogP contribution in [0, 0.1) is 6.92 Å². The van der Waals surface area contributed by atoms with Gasteiger partial charge in [-0.3, -0.25) is 9.78 Å². The van der Waals surface area contributed by atoms with Gasteiger partial charge in [0.1, 0.15) is 12.4 Å². The topological polar surface area (TPSA) is 120 Å². The highest BCUT2D eigenvalue weighted by molar-refractivity contribution is 6.01. The van der Waals surface area contributed by atoms with Gasteiger partial charge in [-0.2, -0.15) is 0 Å². The summed E-state index contributed by atoms with van der Waals surface area (Å²) in [6, 6.07) is 13.6. The van der Waals surface area contributed by atoms with E-state index in [1.54, 1.807) is 56.4 Å². The van der Waals surface area contributed by atoms with Crippen molar-refractivity contribution in [3.8, 4) is 11.4 Å². The first-order valence-corrected chi connectivity index (χ1v) is 9.92. The molecule has 0 bridgehead atoms. The van der Waals surface area contributed by atoms with Crippen LogP contribution >= 0.6 is 0 Å². The molecule has 0 aliphatic heterocycles. The van der Waals surface area contributed by atoms with Crippen molar-refractivity contribution in [3.63, 3.8) is 0 Å². The van der Waals surface area contributed by atoms with Crippen molar-refractivity contribution in [2.24, 2.45) is 0 Å². The van der Waals surface area contributed by atoms with Crippen molar-refractivity contribution in [1.29, 1.82) is 0 Å². The number of esters is 1. The molecular formula is C22H20N6O4. The van der Waals surface area contributed by atoms with E-state index in [9.17, 15) is 14.4 Å². The minimum atomic E-state index is -0.544. The Morgan fingerprint density at radius 3 is 2.62 bits per heavy atom. The molecule has 10 heteroatoms. The number of fused-ring (bicyclic) bond motifs is 1. The summed E-state index contributed by atoms with van der Waals surface area (Å²) in [7, 11) is 0. The van der Waals surface area contributed by atoms with E-state index in [0.717, 1.165) is 4.68 Å². The zero-order valence-electron chi connectivity index (χ0n) is 17.5. The van der Waals surface area contributed by atoms with Crippen LogP contribution in [0.15, 0.2) is 59.5 Å². The Kier molecular flexibility index (Phi) is 5.75. The minimum absolute atomic E-state index is 0.214. The Balaban J connectivity index is 1.61. The lowest BCUT2D eigenvalue weighted by Gasteiger charge is -2.10. The standard InChI is InChI=1S/C22H20N6O4/c1-3-32-21(30)15-8-4-5-9-16(15)25-20(29)13-27-22(31)28-14(2)24-18(12-19(28)26-27)17-10-6-7-11-23-17/h4-12H,3,13H2,1-2H3,(H,25,29). The molecule has 32 heavy (non-hydrogen) atoms. The van der Waals surface area contributed by atoms with E-state index in [2.05, 4.69) is 20.4 Å². The second kappa shape index (κ2) is 8.80. The Bertz CT molecular complexity index is 1360. The molecule has 4 aromatic rings. The van der Waals surface area contributed by atoms with Crippen LogP contribution in [0.5, 0.6) is 0 Å². The molecule has 4 rings (SSSR count). The molecule has 0 fully saturated rings. The van der Waals surface area contributed by atoms with Gasteiger partial charge in [0, 0.05) is 12.3 Å². The van der Waals surface area contributed by atoms with Crippen LogP contribution in [-0.4, -0.2) is 42.6 Å². The minimum Gasteiger partial charge on any atom is -0.462 e. The van der Waals surface area contributed by atoms with Crippen LogP contribution in [0.25, 0.3) is 17.0 Å². The number of ether oxygens (including phenoxy) is 1. The number of para-hydroxylation sites is 1. The van der Waals surface area contributed by atoms with E-state index < -0.39 is 17.6 Å². The SMILES string of the molecule is CCOC(=O)c1ccccc1NC(=O)Cn1nc2cc(-c3ccccn3)nc(C)n2c1=O. The average molecular weight is 432 g/mol. The van der Waals surface area contributed by atoms with Crippen molar-refractivity contribution < 1.29 is 14.3 Å². The second-order valence-electron chi connectivity index (χ2n) is 6.85. The summed E-state index contributed by atoms with van der Waals surface area (Å²) >= 11 is 0. The molecule has 0 atom stereocenters. The van der Waals surface area contributed by atoms with Gasteiger partial charge in [0.15, 0.2) is 5.65 Å². The Morgan fingerprint density at radius 2 is 1.88 bits per heavy atom. The number of carbonyl (C=O) groups is 2.